The number of anilines is 1. The van der Waals surface area contributed by atoms with E-state index in [4.69, 9.17) is 15.2 Å². The molecule has 6 heteroatoms. The van der Waals surface area contributed by atoms with Crippen molar-refractivity contribution in [1.82, 2.24) is 14.9 Å². The number of nitrogens with zero attached hydrogens (tertiary/aromatic N) is 3. The molecule has 3 rings (SSSR count). The molecule has 1 fully saturated rings. The van der Waals surface area contributed by atoms with Crippen LogP contribution in [-0.4, -0.2) is 46.3 Å². The van der Waals surface area contributed by atoms with Gasteiger partial charge in [0.2, 0.25) is 0 Å². The summed E-state index contributed by atoms with van der Waals surface area (Å²) in [5.41, 5.74) is 5.50. The molecule has 6 nitrogen and oxygen atoms in total. The molecule has 1 aliphatic heterocycles. The van der Waals surface area contributed by atoms with Gasteiger partial charge >= 0.3 is 0 Å². The zero-order valence-corrected chi connectivity index (χ0v) is 14.2. The fourth-order valence-corrected chi connectivity index (χ4v) is 3.02. The molecule has 0 radical (unpaired) electrons. The van der Waals surface area contributed by atoms with E-state index >= 15 is 0 Å². The lowest BCUT2D eigenvalue weighted by molar-refractivity contribution is -0.148. The molecule has 0 bridgehead atoms. The van der Waals surface area contributed by atoms with E-state index < -0.39 is 0 Å². The van der Waals surface area contributed by atoms with Crippen LogP contribution in [0.1, 0.15) is 19.7 Å². The Balaban J connectivity index is 1.61. The van der Waals surface area contributed by atoms with E-state index in [1.165, 1.54) is 0 Å². The quantitative estimate of drug-likeness (QED) is 0.906. The molecule has 0 saturated carbocycles. The monoisotopic (exact) mass is 328 g/mol. The molecule has 1 saturated heterocycles. The molecular weight excluding hydrogens is 304 g/mol. The maximum atomic E-state index is 6.16. The maximum absolute atomic E-state index is 6.16. The van der Waals surface area contributed by atoms with Gasteiger partial charge in [-0.25, -0.2) is 9.97 Å². The van der Waals surface area contributed by atoms with E-state index in [2.05, 4.69) is 28.7 Å². The van der Waals surface area contributed by atoms with Gasteiger partial charge in [0, 0.05) is 19.3 Å². The van der Waals surface area contributed by atoms with Gasteiger partial charge in [-0.1, -0.05) is 18.2 Å². The van der Waals surface area contributed by atoms with Gasteiger partial charge in [-0.05, 0) is 32.0 Å². The van der Waals surface area contributed by atoms with Crippen molar-refractivity contribution in [1.29, 1.82) is 0 Å². The van der Waals surface area contributed by atoms with Crippen LogP contribution in [0.25, 0.3) is 0 Å². The average molecular weight is 328 g/mol. The van der Waals surface area contributed by atoms with E-state index in [-0.39, 0.29) is 11.7 Å². The van der Waals surface area contributed by atoms with Crippen molar-refractivity contribution in [2.45, 2.75) is 32.1 Å². The highest BCUT2D eigenvalue weighted by Crippen LogP contribution is 2.23. The average Bonchev–Trinajstić information content (AvgIpc) is 2.52. The molecule has 2 N–H and O–H groups in total. The first kappa shape index (κ1) is 16.7. The van der Waals surface area contributed by atoms with Gasteiger partial charge in [-0.15, -0.1) is 0 Å². The highest BCUT2D eigenvalue weighted by molar-refractivity contribution is 5.25. The Morgan fingerprint density at radius 3 is 2.83 bits per heavy atom. The molecule has 0 aliphatic carbocycles. The van der Waals surface area contributed by atoms with Crippen LogP contribution in [0, 0.1) is 0 Å². The third-order valence-corrected chi connectivity index (χ3v) is 3.82. The Morgan fingerprint density at radius 1 is 1.29 bits per heavy atom. The molecule has 2 aromatic rings. The number of rotatable bonds is 5. The lowest BCUT2D eigenvalue weighted by Gasteiger charge is -2.42. The second-order valence-corrected chi connectivity index (χ2v) is 6.69. The van der Waals surface area contributed by atoms with Gasteiger partial charge in [-0.2, -0.15) is 0 Å². The number of para-hydroxylation sites is 1. The van der Waals surface area contributed by atoms with Crippen LogP contribution < -0.4 is 10.5 Å². The molecule has 1 aromatic heterocycles. The summed E-state index contributed by atoms with van der Waals surface area (Å²) >= 11 is 0. The lowest BCUT2D eigenvalue weighted by atomic mass is 10.1. The van der Waals surface area contributed by atoms with E-state index in [0.29, 0.717) is 19.0 Å². The Labute approximate surface area is 142 Å². The molecular formula is C18H24N4O2. The minimum Gasteiger partial charge on any atom is -0.491 e. The zero-order valence-electron chi connectivity index (χ0n) is 14.2. The molecule has 0 unspecified atom stereocenters. The fraction of sp³-hybridized carbons (Fsp3) is 0.444. The molecule has 24 heavy (non-hydrogen) atoms. The molecule has 0 amide bonds. The van der Waals surface area contributed by atoms with E-state index in [1.54, 1.807) is 12.3 Å². The number of hydrogen-bond acceptors (Lipinski definition) is 6. The predicted octanol–water partition coefficient (Wildman–Crippen LogP) is 2.12. The predicted molar refractivity (Wildman–Crippen MR) is 92.6 cm³/mol. The first-order valence-electron chi connectivity index (χ1n) is 8.16. The summed E-state index contributed by atoms with van der Waals surface area (Å²) in [6.07, 6.45) is 1.69. The summed E-state index contributed by atoms with van der Waals surface area (Å²) < 4.78 is 12.0. The van der Waals surface area contributed by atoms with Crippen LogP contribution >= 0.6 is 0 Å². The lowest BCUT2D eigenvalue weighted by Crippen LogP contribution is -2.54. The van der Waals surface area contributed by atoms with Crippen LogP contribution in [0.2, 0.25) is 0 Å². The van der Waals surface area contributed by atoms with E-state index in [9.17, 15) is 0 Å². The van der Waals surface area contributed by atoms with E-state index in [0.717, 1.165) is 24.7 Å². The largest absolute Gasteiger partial charge is 0.491 e. The summed E-state index contributed by atoms with van der Waals surface area (Å²) in [4.78, 5) is 10.9. The normalized spacial score (nSPS) is 20.7. The minimum atomic E-state index is -0.247. The minimum absolute atomic E-state index is 0.00462. The van der Waals surface area contributed by atoms with Gasteiger partial charge in [0.15, 0.2) is 0 Å². The van der Waals surface area contributed by atoms with E-state index in [1.807, 2.05) is 30.3 Å². The van der Waals surface area contributed by atoms with Crippen molar-refractivity contribution in [3.8, 4) is 5.75 Å². The highest BCUT2D eigenvalue weighted by Gasteiger charge is 2.34. The first-order valence-corrected chi connectivity index (χ1v) is 8.16. The van der Waals surface area contributed by atoms with Crippen LogP contribution in [0.15, 0.2) is 42.6 Å². The van der Waals surface area contributed by atoms with Crippen molar-refractivity contribution < 1.29 is 9.47 Å². The Morgan fingerprint density at radius 2 is 2.08 bits per heavy atom. The second kappa shape index (κ2) is 7.15. The summed E-state index contributed by atoms with van der Waals surface area (Å²) in [6.45, 7) is 6.94. The molecule has 1 atom stereocenters. The maximum Gasteiger partial charge on any atom is 0.144 e. The van der Waals surface area contributed by atoms with Crippen LogP contribution in [0.4, 0.5) is 5.82 Å². The second-order valence-electron chi connectivity index (χ2n) is 6.69. The van der Waals surface area contributed by atoms with Gasteiger partial charge in [0.05, 0.1) is 12.1 Å². The summed E-state index contributed by atoms with van der Waals surface area (Å²) in [5, 5.41) is 0. The number of aromatic nitrogens is 2. The number of nitrogens with two attached hydrogens (primary N) is 1. The third-order valence-electron chi connectivity index (χ3n) is 3.82. The summed E-state index contributed by atoms with van der Waals surface area (Å²) in [5.74, 6) is 2.09. The summed E-state index contributed by atoms with van der Waals surface area (Å²) in [7, 11) is 0. The van der Waals surface area contributed by atoms with Crippen molar-refractivity contribution in [3.63, 3.8) is 0 Å². The standard InChI is InChI=1S/C18H24N4O2/c1-18(2)13-22(11-17-20-9-8-16(19)21-17)10-15(24-18)12-23-14-6-4-3-5-7-14/h3-9,15H,10-13H2,1-2H3,(H2,19,20,21)/t15-/m0/s1. The van der Waals surface area contributed by atoms with Gasteiger partial charge in [0.1, 0.15) is 30.1 Å². The fourth-order valence-electron chi connectivity index (χ4n) is 3.02. The van der Waals surface area contributed by atoms with Crippen LogP contribution in [-0.2, 0) is 11.3 Å². The number of hydrogen-bond donors (Lipinski definition) is 1. The Hall–Kier alpha value is -2.18. The van der Waals surface area contributed by atoms with Crippen molar-refractivity contribution in [3.05, 3.63) is 48.4 Å². The Bertz CT molecular complexity index is 663. The molecule has 128 valence electrons. The zero-order chi connectivity index (χ0) is 17.0. The van der Waals surface area contributed by atoms with Crippen molar-refractivity contribution in [2.24, 2.45) is 0 Å². The molecule has 2 heterocycles. The molecule has 0 spiro atoms. The topological polar surface area (TPSA) is 73.5 Å². The number of morpholine rings is 1. The molecule has 1 aliphatic rings. The third kappa shape index (κ3) is 4.66. The van der Waals surface area contributed by atoms with Gasteiger partial charge in [-0.3, -0.25) is 4.90 Å². The first-order chi connectivity index (χ1) is 11.5. The number of ether oxygens (including phenoxy) is 2. The number of nitrogen functional groups attached to an aromatic ring is 1. The van der Waals surface area contributed by atoms with Gasteiger partial charge < -0.3 is 15.2 Å². The van der Waals surface area contributed by atoms with Gasteiger partial charge in [0.25, 0.3) is 0 Å². The Kier molecular flexibility index (Phi) is 4.97. The van der Waals surface area contributed by atoms with Crippen molar-refractivity contribution in [2.75, 3.05) is 25.4 Å². The summed E-state index contributed by atoms with van der Waals surface area (Å²) in [6, 6.07) is 11.5. The smallest absolute Gasteiger partial charge is 0.144 e. The SMILES string of the molecule is CC1(C)CN(Cc2nccc(N)n2)C[C@@H](COc2ccccc2)O1. The highest BCUT2D eigenvalue weighted by atomic mass is 16.5. The molecule has 1 aromatic carbocycles. The number of benzene rings is 1. The van der Waals surface area contributed by atoms with Crippen molar-refractivity contribution >= 4 is 5.82 Å². The van der Waals surface area contributed by atoms with Crippen LogP contribution in [0.3, 0.4) is 0 Å². The van der Waals surface area contributed by atoms with Crippen LogP contribution in [0.5, 0.6) is 5.75 Å².